The SMILES string of the molecule is Fc1ccc(Cc2cccc3s[c]cc23)cc1. The van der Waals surface area contributed by atoms with Gasteiger partial charge in [0.1, 0.15) is 5.82 Å². The summed E-state index contributed by atoms with van der Waals surface area (Å²) < 4.78 is 14.1. The molecule has 83 valence electrons. The highest BCUT2D eigenvalue weighted by molar-refractivity contribution is 7.16. The molecule has 0 aliphatic heterocycles. The summed E-state index contributed by atoms with van der Waals surface area (Å²) in [7, 11) is 0. The van der Waals surface area contributed by atoms with Crippen LogP contribution in [-0.4, -0.2) is 0 Å². The third kappa shape index (κ3) is 2.08. The Balaban J connectivity index is 1.99. The number of fused-ring (bicyclic) bond motifs is 1. The van der Waals surface area contributed by atoms with Gasteiger partial charge in [0.25, 0.3) is 0 Å². The zero-order valence-electron chi connectivity index (χ0n) is 9.11. The van der Waals surface area contributed by atoms with Crippen molar-refractivity contribution >= 4 is 21.4 Å². The summed E-state index contributed by atoms with van der Waals surface area (Å²) in [6.07, 6.45) is 0.836. The minimum atomic E-state index is -0.184. The van der Waals surface area contributed by atoms with E-state index in [2.05, 4.69) is 23.6 Å². The highest BCUT2D eigenvalue weighted by Crippen LogP contribution is 2.25. The summed E-state index contributed by atoms with van der Waals surface area (Å²) >= 11 is 1.63. The van der Waals surface area contributed by atoms with Gasteiger partial charge < -0.3 is 0 Å². The lowest BCUT2D eigenvalue weighted by Crippen LogP contribution is -1.88. The Kier molecular flexibility index (Phi) is 2.65. The Labute approximate surface area is 103 Å². The summed E-state index contributed by atoms with van der Waals surface area (Å²) in [4.78, 5) is 0. The zero-order chi connectivity index (χ0) is 11.7. The zero-order valence-corrected chi connectivity index (χ0v) is 9.93. The van der Waals surface area contributed by atoms with E-state index in [0.717, 1.165) is 12.0 Å². The smallest absolute Gasteiger partial charge is 0.123 e. The molecule has 17 heavy (non-hydrogen) atoms. The van der Waals surface area contributed by atoms with Crippen molar-refractivity contribution in [3.8, 4) is 0 Å². The van der Waals surface area contributed by atoms with E-state index in [4.69, 9.17) is 0 Å². The Hall–Kier alpha value is -1.67. The second-order valence-electron chi connectivity index (χ2n) is 4.00. The van der Waals surface area contributed by atoms with Crippen LogP contribution in [0.15, 0.2) is 48.5 Å². The van der Waals surface area contributed by atoms with Crippen molar-refractivity contribution in [3.05, 3.63) is 70.9 Å². The van der Waals surface area contributed by atoms with E-state index < -0.39 is 0 Å². The first kappa shape index (κ1) is 10.5. The molecule has 0 unspecified atom stereocenters. The lowest BCUT2D eigenvalue weighted by Gasteiger charge is -2.03. The number of hydrogen-bond donors (Lipinski definition) is 0. The largest absolute Gasteiger partial charge is 0.207 e. The van der Waals surface area contributed by atoms with E-state index in [0.29, 0.717) is 0 Å². The van der Waals surface area contributed by atoms with E-state index in [1.807, 2.05) is 18.2 Å². The summed E-state index contributed by atoms with van der Waals surface area (Å²) in [5.74, 6) is -0.184. The third-order valence-electron chi connectivity index (χ3n) is 2.84. The number of thiophene rings is 1. The summed E-state index contributed by atoms with van der Waals surface area (Å²) in [6, 6.07) is 15.0. The van der Waals surface area contributed by atoms with Crippen LogP contribution < -0.4 is 0 Å². The quantitative estimate of drug-likeness (QED) is 0.622. The average molecular weight is 241 g/mol. The van der Waals surface area contributed by atoms with Crippen LogP contribution in [0, 0.1) is 11.2 Å². The minimum absolute atomic E-state index is 0.184. The fourth-order valence-corrected chi connectivity index (χ4v) is 2.72. The lowest BCUT2D eigenvalue weighted by atomic mass is 10.0. The van der Waals surface area contributed by atoms with Crippen LogP contribution >= 0.6 is 11.3 Å². The highest BCUT2D eigenvalue weighted by Gasteiger charge is 2.03. The Morgan fingerprint density at radius 3 is 2.71 bits per heavy atom. The van der Waals surface area contributed by atoms with Crippen molar-refractivity contribution in [2.24, 2.45) is 0 Å². The normalized spacial score (nSPS) is 10.9. The third-order valence-corrected chi connectivity index (χ3v) is 3.65. The van der Waals surface area contributed by atoms with Crippen LogP contribution in [0.5, 0.6) is 0 Å². The first-order valence-corrected chi connectivity index (χ1v) is 6.26. The van der Waals surface area contributed by atoms with Gasteiger partial charge in [-0.15, -0.1) is 11.3 Å². The standard InChI is InChI=1S/C15H10FS/c16-13-6-4-11(5-7-13)10-12-2-1-3-15-14(12)8-9-17-15/h1-8H,10H2. The molecule has 3 aromatic rings. The highest BCUT2D eigenvalue weighted by atomic mass is 32.1. The van der Waals surface area contributed by atoms with Crippen LogP contribution in [0.1, 0.15) is 11.1 Å². The van der Waals surface area contributed by atoms with Gasteiger partial charge in [-0.25, -0.2) is 4.39 Å². The molecule has 0 bridgehead atoms. The van der Waals surface area contributed by atoms with Crippen molar-refractivity contribution in [2.75, 3.05) is 0 Å². The summed E-state index contributed by atoms with van der Waals surface area (Å²) in [6.45, 7) is 0. The first-order valence-electron chi connectivity index (χ1n) is 5.45. The van der Waals surface area contributed by atoms with E-state index >= 15 is 0 Å². The predicted molar refractivity (Wildman–Crippen MR) is 69.9 cm³/mol. The van der Waals surface area contributed by atoms with Crippen molar-refractivity contribution < 1.29 is 4.39 Å². The molecule has 2 aromatic carbocycles. The van der Waals surface area contributed by atoms with Crippen LogP contribution in [0.3, 0.4) is 0 Å². The lowest BCUT2D eigenvalue weighted by molar-refractivity contribution is 0.627. The van der Waals surface area contributed by atoms with Gasteiger partial charge in [-0.05, 0) is 47.2 Å². The molecule has 0 saturated carbocycles. The molecule has 0 aliphatic carbocycles. The molecular weight excluding hydrogens is 231 g/mol. The molecule has 1 heterocycles. The van der Waals surface area contributed by atoms with E-state index in [1.165, 1.54) is 27.8 Å². The number of benzene rings is 2. The van der Waals surface area contributed by atoms with Gasteiger partial charge in [-0.1, -0.05) is 24.3 Å². The molecule has 1 aromatic heterocycles. The van der Waals surface area contributed by atoms with E-state index in [9.17, 15) is 4.39 Å². The Morgan fingerprint density at radius 2 is 1.88 bits per heavy atom. The molecule has 2 heteroatoms. The molecule has 1 radical (unpaired) electrons. The van der Waals surface area contributed by atoms with Gasteiger partial charge in [0.2, 0.25) is 0 Å². The van der Waals surface area contributed by atoms with Crippen molar-refractivity contribution in [1.82, 2.24) is 0 Å². The van der Waals surface area contributed by atoms with E-state index in [-0.39, 0.29) is 5.82 Å². The molecule has 0 spiro atoms. The first-order chi connectivity index (χ1) is 8.33. The van der Waals surface area contributed by atoms with Gasteiger partial charge in [-0.3, -0.25) is 0 Å². The van der Waals surface area contributed by atoms with Gasteiger partial charge in [-0.2, -0.15) is 0 Å². The van der Waals surface area contributed by atoms with Gasteiger partial charge in [0.15, 0.2) is 0 Å². The Morgan fingerprint density at radius 1 is 1.06 bits per heavy atom. The van der Waals surface area contributed by atoms with Gasteiger partial charge in [0, 0.05) is 10.1 Å². The van der Waals surface area contributed by atoms with Crippen LogP contribution in [-0.2, 0) is 6.42 Å². The molecule has 0 atom stereocenters. The molecule has 0 aliphatic rings. The molecule has 0 amide bonds. The molecule has 0 saturated heterocycles. The number of rotatable bonds is 2. The molecule has 0 N–H and O–H groups in total. The molecular formula is C15H10FS. The molecule has 0 nitrogen and oxygen atoms in total. The van der Waals surface area contributed by atoms with Gasteiger partial charge in [0.05, 0.1) is 0 Å². The van der Waals surface area contributed by atoms with Crippen molar-refractivity contribution in [1.29, 1.82) is 0 Å². The second-order valence-corrected chi connectivity index (χ2v) is 4.88. The second kappa shape index (κ2) is 4.30. The monoisotopic (exact) mass is 241 g/mol. The maximum Gasteiger partial charge on any atom is 0.123 e. The summed E-state index contributed by atoms with van der Waals surface area (Å²) in [5.41, 5.74) is 2.40. The van der Waals surface area contributed by atoms with Gasteiger partial charge >= 0.3 is 0 Å². The Bertz CT molecular complexity index is 637. The van der Waals surface area contributed by atoms with Crippen molar-refractivity contribution in [3.63, 3.8) is 0 Å². The summed E-state index contributed by atoms with van der Waals surface area (Å²) in [5, 5.41) is 4.41. The minimum Gasteiger partial charge on any atom is -0.207 e. The average Bonchev–Trinajstić information content (AvgIpc) is 2.81. The maximum absolute atomic E-state index is 12.8. The molecule has 0 fully saturated rings. The van der Waals surface area contributed by atoms with Crippen molar-refractivity contribution in [2.45, 2.75) is 6.42 Å². The fourth-order valence-electron chi connectivity index (χ4n) is 1.97. The predicted octanol–water partition coefficient (Wildman–Crippen LogP) is 4.43. The van der Waals surface area contributed by atoms with Crippen LogP contribution in [0.4, 0.5) is 4.39 Å². The maximum atomic E-state index is 12.8. The molecule has 3 rings (SSSR count). The number of halogens is 1. The topological polar surface area (TPSA) is 0 Å². The number of hydrogen-bond acceptors (Lipinski definition) is 1. The fraction of sp³-hybridized carbons (Fsp3) is 0.0667. The van der Waals surface area contributed by atoms with Crippen LogP contribution in [0.2, 0.25) is 0 Å². The van der Waals surface area contributed by atoms with E-state index in [1.54, 1.807) is 11.3 Å². The van der Waals surface area contributed by atoms with Crippen LogP contribution in [0.25, 0.3) is 10.1 Å².